The van der Waals surface area contributed by atoms with Crippen LogP contribution in [0.2, 0.25) is 0 Å². The summed E-state index contributed by atoms with van der Waals surface area (Å²) in [4.78, 5) is 0. The second kappa shape index (κ2) is 4.79. The molecule has 0 atom stereocenters. The molecular weight excluding hydrogens is 197 g/mol. The van der Waals surface area contributed by atoms with E-state index in [4.69, 9.17) is 15.2 Å². The molecule has 3 nitrogen and oxygen atoms in total. The highest BCUT2D eigenvalue weighted by molar-refractivity contribution is 5.75. The van der Waals surface area contributed by atoms with Gasteiger partial charge in [-0.25, -0.2) is 4.39 Å². The molecule has 0 spiro atoms. The smallest absolute Gasteiger partial charge is 0.165 e. The Bertz CT molecular complexity index is 377. The molecule has 0 saturated heterocycles. The van der Waals surface area contributed by atoms with Crippen LogP contribution in [0.1, 0.15) is 5.56 Å². The lowest BCUT2D eigenvalue weighted by Crippen LogP contribution is -2.05. The molecule has 0 amide bonds. The summed E-state index contributed by atoms with van der Waals surface area (Å²) >= 11 is 0. The van der Waals surface area contributed by atoms with Crippen LogP contribution in [0.3, 0.4) is 0 Å². The second-order valence-corrected chi connectivity index (χ2v) is 2.97. The fourth-order valence-corrected chi connectivity index (χ4v) is 1.35. The lowest BCUT2D eigenvalue weighted by molar-refractivity contribution is 0.371. The highest BCUT2D eigenvalue weighted by atomic mass is 19.1. The predicted molar refractivity (Wildman–Crippen MR) is 57.6 cm³/mol. The molecule has 1 aromatic carbocycles. The summed E-state index contributed by atoms with van der Waals surface area (Å²) in [6.07, 6.45) is 0. The summed E-state index contributed by atoms with van der Waals surface area (Å²) in [6.45, 7) is 3.97. The van der Waals surface area contributed by atoms with Gasteiger partial charge in [-0.1, -0.05) is 6.58 Å². The van der Waals surface area contributed by atoms with E-state index >= 15 is 0 Å². The third-order valence-corrected chi connectivity index (χ3v) is 2.10. The Hall–Kier alpha value is -1.55. The molecule has 0 radical (unpaired) electrons. The molecule has 0 aliphatic heterocycles. The zero-order valence-corrected chi connectivity index (χ0v) is 8.84. The van der Waals surface area contributed by atoms with Crippen molar-refractivity contribution in [2.75, 3.05) is 20.8 Å². The molecule has 0 saturated carbocycles. The Morgan fingerprint density at radius 2 is 2.07 bits per heavy atom. The maximum Gasteiger partial charge on any atom is 0.165 e. The Morgan fingerprint density at radius 1 is 1.40 bits per heavy atom. The largest absolute Gasteiger partial charge is 0.496 e. The maximum absolute atomic E-state index is 13.4. The molecule has 0 aliphatic rings. The van der Waals surface area contributed by atoms with Crippen molar-refractivity contribution < 1.29 is 13.9 Å². The van der Waals surface area contributed by atoms with Gasteiger partial charge in [-0.3, -0.25) is 0 Å². The second-order valence-electron chi connectivity index (χ2n) is 2.97. The van der Waals surface area contributed by atoms with Crippen LogP contribution in [0.4, 0.5) is 4.39 Å². The van der Waals surface area contributed by atoms with Gasteiger partial charge >= 0.3 is 0 Å². The molecular formula is C11H14FNO2. The van der Waals surface area contributed by atoms with Crippen LogP contribution in [0.15, 0.2) is 18.7 Å². The number of nitrogens with two attached hydrogens (primary N) is 1. The van der Waals surface area contributed by atoms with Crippen molar-refractivity contribution in [1.29, 1.82) is 0 Å². The van der Waals surface area contributed by atoms with Gasteiger partial charge in [0.25, 0.3) is 0 Å². The van der Waals surface area contributed by atoms with E-state index in [2.05, 4.69) is 6.58 Å². The van der Waals surface area contributed by atoms with Crippen molar-refractivity contribution >= 4 is 5.57 Å². The van der Waals surface area contributed by atoms with Crippen LogP contribution < -0.4 is 15.2 Å². The first-order valence-corrected chi connectivity index (χ1v) is 4.44. The Balaban J connectivity index is 3.40. The van der Waals surface area contributed by atoms with E-state index in [1.165, 1.54) is 26.4 Å². The topological polar surface area (TPSA) is 44.5 Å². The number of methoxy groups -OCH3 is 2. The number of ether oxygens (including phenoxy) is 2. The number of rotatable bonds is 4. The van der Waals surface area contributed by atoms with Gasteiger partial charge in [0, 0.05) is 6.54 Å². The molecule has 1 rings (SSSR count). The fourth-order valence-electron chi connectivity index (χ4n) is 1.35. The van der Waals surface area contributed by atoms with Crippen molar-refractivity contribution in [3.63, 3.8) is 0 Å². The average Bonchev–Trinajstić information content (AvgIpc) is 2.27. The normalized spacial score (nSPS) is 9.87. The van der Waals surface area contributed by atoms with Crippen LogP contribution in [-0.2, 0) is 0 Å². The molecule has 0 unspecified atom stereocenters. The summed E-state index contributed by atoms with van der Waals surface area (Å²) < 4.78 is 23.5. The van der Waals surface area contributed by atoms with Gasteiger partial charge in [0.15, 0.2) is 11.6 Å². The third-order valence-electron chi connectivity index (χ3n) is 2.10. The standard InChI is InChI=1S/C11H14FNO2/c1-7(6-13)10-9(14-2)5-4-8(12)11(10)15-3/h4-5H,1,6,13H2,2-3H3. The Labute approximate surface area is 88.3 Å². The first-order valence-electron chi connectivity index (χ1n) is 4.44. The lowest BCUT2D eigenvalue weighted by atomic mass is 10.0. The maximum atomic E-state index is 13.4. The predicted octanol–water partition coefficient (Wildman–Crippen LogP) is 1.81. The zero-order chi connectivity index (χ0) is 11.4. The van der Waals surface area contributed by atoms with E-state index in [0.29, 0.717) is 16.9 Å². The summed E-state index contributed by atoms with van der Waals surface area (Å²) in [5.41, 5.74) is 6.53. The van der Waals surface area contributed by atoms with Crippen molar-refractivity contribution in [2.45, 2.75) is 0 Å². The zero-order valence-electron chi connectivity index (χ0n) is 8.84. The van der Waals surface area contributed by atoms with Gasteiger partial charge in [0.2, 0.25) is 0 Å². The lowest BCUT2D eigenvalue weighted by Gasteiger charge is -2.14. The number of halogens is 1. The average molecular weight is 211 g/mol. The van der Waals surface area contributed by atoms with Crippen LogP contribution in [0, 0.1) is 5.82 Å². The van der Waals surface area contributed by atoms with Crippen LogP contribution in [0.5, 0.6) is 11.5 Å². The Kier molecular flexibility index (Phi) is 3.68. The first kappa shape index (κ1) is 11.5. The summed E-state index contributed by atoms with van der Waals surface area (Å²) in [5, 5.41) is 0. The van der Waals surface area contributed by atoms with Gasteiger partial charge in [0.05, 0.1) is 19.8 Å². The molecule has 2 N–H and O–H groups in total. The summed E-state index contributed by atoms with van der Waals surface area (Å²) in [6, 6.07) is 2.80. The molecule has 15 heavy (non-hydrogen) atoms. The van der Waals surface area contributed by atoms with Crippen molar-refractivity contribution in [3.05, 3.63) is 30.1 Å². The fraction of sp³-hybridized carbons (Fsp3) is 0.273. The van der Waals surface area contributed by atoms with E-state index in [1.807, 2.05) is 0 Å². The van der Waals surface area contributed by atoms with Gasteiger partial charge in [0.1, 0.15) is 5.75 Å². The molecule has 0 aromatic heterocycles. The monoisotopic (exact) mass is 211 g/mol. The minimum absolute atomic E-state index is 0.116. The van der Waals surface area contributed by atoms with Crippen LogP contribution >= 0.6 is 0 Å². The first-order chi connectivity index (χ1) is 7.15. The molecule has 0 bridgehead atoms. The highest BCUT2D eigenvalue weighted by Crippen LogP contribution is 2.35. The highest BCUT2D eigenvalue weighted by Gasteiger charge is 2.16. The molecule has 0 aliphatic carbocycles. The summed E-state index contributed by atoms with van der Waals surface area (Å²) in [5.74, 6) is 0.163. The minimum atomic E-state index is -0.456. The van der Waals surface area contributed by atoms with E-state index in [-0.39, 0.29) is 12.3 Å². The Morgan fingerprint density at radius 3 is 2.53 bits per heavy atom. The minimum Gasteiger partial charge on any atom is -0.496 e. The van der Waals surface area contributed by atoms with Crippen molar-refractivity contribution in [3.8, 4) is 11.5 Å². The SMILES string of the molecule is C=C(CN)c1c(OC)ccc(F)c1OC. The van der Waals surface area contributed by atoms with Crippen LogP contribution in [0.25, 0.3) is 5.57 Å². The van der Waals surface area contributed by atoms with Gasteiger partial charge < -0.3 is 15.2 Å². The number of benzene rings is 1. The molecule has 0 heterocycles. The molecule has 0 fully saturated rings. The number of hydrogen-bond donors (Lipinski definition) is 1. The number of hydrogen-bond acceptors (Lipinski definition) is 3. The van der Waals surface area contributed by atoms with Gasteiger partial charge in [-0.05, 0) is 17.7 Å². The van der Waals surface area contributed by atoms with Crippen molar-refractivity contribution in [1.82, 2.24) is 0 Å². The molecule has 4 heteroatoms. The van der Waals surface area contributed by atoms with E-state index in [0.717, 1.165) is 0 Å². The van der Waals surface area contributed by atoms with E-state index < -0.39 is 5.82 Å². The van der Waals surface area contributed by atoms with Crippen LogP contribution in [-0.4, -0.2) is 20.8 Å². The molecule has 82 valence electrons. The summed E-state index contributed by atoms with van der Waals surface area (Å²) in [7, 11) is 2.89. The quantitative estimate of drug-likeness (QED) is 0.826. The van der Waals surface area contributed by atoms with E-state index in [1.54, 1.807) is 0 Å². The molecule has 1 aromatic rings. The van der Waals surface area contributed by atoms with Crippen molar-refractivity contribution in [2.24, 2.45) is 5.73 Å². The third kappa shape index (κ3) is 2.10. The van der Waals surface area contributed by atoms with Gasteiger partial charge in [-0.15, -0.1) is 0 Å². The van der Waals surface area contributed by atoms with Gasteiger partial charge in [-0.2, -0.15) is 0 Å². The van der Waals surface area contributed by atoms with E-state index in [9.17, 15) is 4.39 Å².